The molecule has 0 aliphatic carbocycles. The first kappa shape index (κ1) is 99.7. The Morgan fingerprint density at radius 2 is 0.839 bits per heavy atom. The first-order valence-electron chi connectivity index (χ1n) is 41.7. The lowest BCUT2D eigenvalue weighted by Gasteiger charge is -2.25. The van der Waals surface area contributed by atoms with E-state index in [9.17, 15) is 91.1 Å². The third kappa shape index (κ3) is 43.2. The van der Waals surface area contributed by atoms with Crippen LogP contribution in [0.4, 0.5) is 20.1 Å². The van der Waals surface area contributed by atoms with E-state index < -0.39 is 104 Å². The van der Waals surface area contributed by atoms with E-state index in [1.807, 2.05) is 26.4 Å². The number of carbonyl (C=O) groups is 19. The molecule has 9 atom stereocenters. The number of likely N-dealkylation sites (tertiary alicyclic amines) is 3. The van der Waals surface area contributed by atoms with Gasteiger partial charge in [0.2, 0.25) is 70.9 Å². The average Bonchev–Trinajstić information content (AvgIpc) is 1.69. The van der Waals surface area contributed by atoms with Gasteiger partial charge in [0.25, 0.3) is 6.45 Å². The number of Topliss-reactive ketones (excluding diaryl/α,β-unsaturated/α-hetero) is 2. The molecule has 118 heavy (non-hydrogen) atoms. The van der Waals surface area contributed by atoms with Crippen molar-refractivity contribution < 1.29 is 101 Å². The fraction of sp³-hybridized carbons (Fsp3) is 0.679. The number of ketones is 2. The second-order valence-electron chi connectivity index (χ2n) is 28.9. The van der Waals surface area contributed by atoms with Crippen LogP contribution in [0, 0.1) is 17.8 Å². The summed E-state index contributed by atoms with van der Waals surface area (Å²) in [6.45, 7) is 11.8. The Morgan fingerprint density at radius 1 is 0.483 bits per heavy atom. The van der Waals surface area contributed by atoms with Crippen molar-refractivity contribution in [3.63, 3.8) is 0 Å². The highest BCUT2D eigenvalue weighted by atomic mass is 32.2. The van der Waals surface area contributed by atoms with Gasteiger partial charge in [-0.2, -0.15) is 35.3 Å². The van der Waals surface area contributed by atoms with Crippen molar-refractivity contribution in [3.8, 4) is 0 Å². The Kier molecular flexibility index (Phi) is 51.2. The highest BCUT2D eigenvalue weighted by Crippen LogP contribution is 2.27. The zero-order chi connectivity index (χ0) is 92.1. The van der Waals surface area contributed by atoms with Gasteiger partial charge in [0.15, 0.2) is 12.9 Å². The summed E-state index contributed by atoms with van der Waals surface area (Å²) < 4.78 is 32.8. The van der Waals surface area contributed by atoms with Gasteiger partial charge in [0.1, 0.15) is 32.4 Å². The molecule has 3 aliphatic rings. The summed E-state index contributed by atoms with van der Waals surface area (Å²) in [5, 5.41) is 25.8. The minimum Gasteiger partial charge on any atom is -0.463 e. The summed E-state index contributed by atoms with van der Waals surface area (Å²) in [6, 6.07) is -0.445. The van der Waals surface area contributed by atoms with Crippen LogP contribution in [0.15, 0.2) is 24.3 Å². The third-order valence-corrected chi connectivity index (χ3v) is 21.9. The molecule has 0 radical (unpaired) electrons. The van der Waals surface area contributed by atoms with E-state index in [4.69, 9.17) is 22.7 Å². The van der Waals surface area contributed by atoms with Gasteiger partial charge in [-0.1, -0.05) is 72.9 Å². The summed E-state index contributed by atoms with van der Waals surface area (Å²) in [6.07, 6.45) is 14.5. The number of nitrogens with one attached hydrogen (secondary N) is 10. The van der Waals surface area contributed by atoms with Crippen LogP contribution in [-0.2, 0) is 88.1 Å². The summed E-state index contributed by atoms with van der Waals surface area (Å²) in [5.41, 5.74) is 16.1. The molecule has 1 aromatic rings. The van der Waals surface area contributed by atoms with Gasteiger partial charge in [-0.3, -0.25) is 91.9 Å². The second-order valence-corrected chi connectivity index (χ2v) is 32.9. The number of hydrogen-bond acceptors (Lipinski definition) is 25. The largest absolute Gasteiger partial charge is 0.463 e. The quantitative estimate of drug-likeness (QED) is 0.0191. The number of urea groups is 3. The number of rotatable bonds is 53. The monoisotopic (exact) mass is 1740 g/mol. The molecule has 4 rings (SSSR count). The molecule has 0 aromatic heterocycles. The van der Waals surface area contributed by atoms with Crippen LogP contribution >= 0.6 is 47.0 Å². The summed E-state index contributed by atoms with van der Waals surface area (Å²) in [7, 11) is 0. The Labute approximate surface area is 715 Å². The van der Waals surface area contributed by atoms with Crippen molar-refractivity contribution >= 4 is 166 Å². The topological polar surface area (TPSA) is 542 Å². The first-order valence-corrected chi connectivity index (χ1v) is 44.6. The number of carbonyl (C=O) groups excluding carboxylic acids is 19. The standard InChI is InChI=1S/C30H44N6O8S.C23H39N5O6S.C14H28N4O3S.C11H17NO3S/c1-19(2)26(35-24(38)9-5-4-6-15-36-25(39)16-23(45-3)29(36)42)28(41)34-22(8-7-14-32-30(31)43)27(40)33-21-12-10-20(11-13-21)17-44-18-37;1-14(2)20(21(32)26-16(15(3)29)9-8-11-25-23(24)34)27-18(30)10-6-5-7-12-28-19(31)13-17(35-4)22(28)33;1-9(2)12(17-8-22-4)13(20)18-11(10(3)19)6-5-7-16-14(15)21;1-16-9-8-10(14)12(11(9)15)6-4-2-3-5-7-13/h10-13,18-19,22-23,26H,4-9,14-17H2,1-3H3,(H,33,40)(H,34,41)(H,35,38)(H3,31,32,43);14,16-17,20H,5-13H2,1-4H3,(H,26,32)(H,27,30)(H3,24,25,34);9,11-12,17H,5-8H2,1-4H3,(H,18,20)(H3,15,16,21);7,9H,2-6,8H2,1H3/t22-,23?,26-;16-,17?,20-;11-,12-;/m000./s1/i18D;2*3D;7D. The third-order valence-electron chi connectivity index (χ3n) is 18.6. The number of benzene rings is 1. The normalized spacial score (nSPS) is 16.9. The summed E-state index contributed by atoms with van der Waals surface area (Å²) in [4.78, 5) is 230. The number of amides is 18. The molecular formula is C78H128N16O20S4. The molecule has 664 valence electrons. The van der Waals surface area contributed by atoms with Crippen LogP contribution in [0.3, 0.4) is 0 Å². The van der Waals surface area contributed by atoms with Gasteiger partial charge in [-0.25, -0.2) is 14.4 Å². The molecule has 0 bridgehead atoms. The predicted molar refractivity (Wildman–Crippen MR) is 455 cm³/mol. The van der Waals surface area contributed by atoms with E-state index in [1.165, 1.54) is 50.0 Å². The van der Waals surface area contributed by atoms with E-state index in [2.05, 4.69) is 57.9 Å². The SMILES string of the molecule is [2H]C(=O)CCCCCN1C(=O)CC(SC)C1=O.[2H]C(=O)OCc1ccc(NC(=O)[C@H](CCCNC(N)=O)NC(=O)[C@@H](NC(=O)CCCCCN2C(=O)CC(SC)C2=O)C(C)C)cc1.[2H]CC(=O)[C@H](CCCNC(N)=O)NC(=O)[C@@H](NC(=O)CCCCCN1C(=O)CC(SC)C1=O)C(C)C.[2H]CC(=O)[C@H](CCCNC(N)=O)NC(=O)[C@@H](NCSC)C(C)C. The van der Waals surface area contributed by atoms with Crippen molar-refractivity contribution in [2.45, 2.75) is 249 Å². The smallest absolute Gasteiger partial charge is 0.312 e. The number of nitrogens with zero attached hydrogens (tertiary/aromatic N) is 3. The van der Waals surface area contributed by atoms with E-state index in [1.54, 1.807) is 76.2 Å². The van der Waals surface area contributed by atoms with E-state index in [0.29, 0.717) is 127 Å². The van der Waals surface area contributed by atoms with Gasteiger partial charge in [-0.05, 0) is 151 Å². The van der Waals surface area contributed by atoms with E-state index in [0.717, 1.165) is 6.42 Å². The number of unbranched alkanes of at least 4 members (excludes halogenated alkanes) is 6. The highest BCUT2D eigenvalue weighted by Gasteiger charge is 2.40. The molecular weight excluding hydrogens is 1610 g/mol. The van der Waals surface area contributed by atoms with Gasteiger partial charge < -0.3 is 74.6 Å². The number of nitrogens with two attached hydrogens (primary N) is 3. The fourth-order valence-corrected chi connectivity index (χ4v) is 14.2. The molecule has 18 amide bonds. The van der Waals surface area contributed by atoms with Crippen LogP contribution in [0.25, 0.3) is 0 Å². The Balaban J connectivity index is 0.000000867. The van der Waals surface area contributed by atoms with Gasteiger partial charge in [0, 0.05) is 92.1 Å². The first-order chi connectivity index (χ1) is 57.7. The van der Waals surface area contributed by atoms with Crippen LogP contribution in [0.1, 0.15) is 201 Å². The van der Waals surface area contributed by atoms with Crippen molar-refractivity contribution in [2.75, 3.05) is 75.5 Å². The minimum absolute atomic E-state index is 0.0745. The van der Waals surface area contributed by atoms with Crippen molar-refractivity contribution in [3.05, 3.63) is 29.8 Å². The molecule has 0 spiro atoms. The maximum atomic E-state index is 13.3. The molecule has 40 heteroatoms. The van der Waals surface area contributed by atoms with E-state index >= 15 is 0 Å². The highest BCUT2D eigenvalue weighted by molar-refractivity contribution is 8.00. The number of ether oxygens (including phenoxy) is 1. The predicted octanol–water partition coefficient (Wildman–Crippen LogP) is 3.80. The maximum absolute atomic E-state index is 13.3. The van der Waals surface area contributed by atoms with Crippen molar-refractivity contribution in [1.29, 1.82) is 0 Å². The molecule has 0 saturated carbocycles. The molecule has 3 fully saturated rings. The number of aldehydes is 1. The lowest BCUT2D eigenvalue weighted by Crippen LogP contribution is -2.54. The molecule has 3 unspecified atom stereocenters. The number of primary amides is 3. The second kappa shape index (κ2) is 60.6. The molecule has 36 nitrogen and oxygen atoms in total. The lowest BCUT2D eigenvalue weighted by molar-refractivity contribution is -0.139. The van der Waals surface area contributed by atoms with Crippen LogP contribution in [0.2, 0.25) is 0 Å². The lowest BCUT2D eigenvalue weighted by atomic mass is 10.0. The summed E-state index contributed by atoms with van der Waals surface area (Å²) in [5.74, 6) is -3.94. The zero-order valence-electron chi connectivity index (χ0n) is 73.5. The van der Waals surface area contributed by atoms with Crippen molar-refractivity contribution in [1.82, 2.24) is 62.6 Å². The maximum Gasteiger partial charge on any atom is 0.312 e. The Bertz CT molecular complexity index is 3620. The summed E-state index contributed by atoms with van der Waals surface area (Å²) >= 11 is 5.72. The zero-order valence-corrected chi connectivity index (χ0v) is 72.8. The van der Waals surface area contributed by atoms with Crippen molar-refractivity contribution in [2.24, 2.45) is 35.0 Å². The van der Waals surface area contributed by atoms with Gasteiger partial charge in [0.05, 0.1) is 33.9 Å². The molecule has 3 saturated heterocycles. The molecule has 1 aromatic carbocycles. The fourth-order valence-electron chi connectivity index (χ4n) is 11.9. The number of imide groups is 3. The Morgan fingerprint density at radius 3 is 1.16 bits per heavy atom. The molecule has 3 heterocycles. The molecule has 3 aliphatic heterocycles. The average molecular weight is 1740 g/mol. The number of thioether (sulfide) groups is 4. The number of hydrogen-bond donors (Lipinski definition) is 13. The van der Waals surface area contributed by atoms with Gasteiger partial charge in [-0.15, -0.1) is 11.8 Å². The minimum atomic E-state index is -1.16. The number of anilines is 1. The van der Waals surface area contributed by atoms with Crippen LogP contribution in [-0.4, -0.2) is 250 Å². The van der Waals surface area contributed by atoms with Crippen LogP contribution < -0.4 is 70.4 Å². The van der Waals surface area contributed by atoms with Crippen LogP contribution in [0.5, 0.6) is 0 Å². The Hall–Kier alpha value is -8.89. The van der Waals surface area contributed by atoms with E-state index in [-0.39, 0.29) is 157 Å². The van der Waals surface area contributed by atoms with Gasteiger partial charge >= 0.3 is 18.1 Å². The molecule has 16 N–H and O–H groups in total.